The van der Waals surface area contributed by atoms with Gasteiger partial charge in [-0.2, -0.15) is 0 Å². The first kappa shape index (κ1) is 20.7. The van der Waals surface area contributed by atoms with Gasteiger partial charge in [-0.25, -0.2) is 4.39 Å². The van der Waals surface area contributed by atoms with Crippen molar-refractivity contribution in [1.82, 2.24) is 4.90 Å². The molecule has 0 spiro atoms. The molecule has 1 amide bonds. The molecule has 2 aliphatic heterocycles. The smallest absolute Gasteiger partial charge is 0.290 e. The minimum atomic E-state index is -0.757. The number of hydrogen-bond acceptors (Lipinski definition) is 4. The maximum atomic E-state index is 14.9. The third-order valence-electron chi connectivity index (χ3n) is 6.86. The molecule has 32 heavy (non-hydrogen) atoms. The van der Waals surface area contributed by atoms with Crippen molar-refractivity contribution >= 4 is 11.7 Å². The van der Waals surface area contributed by atoms with E-state index in [-0.39, 0.29) is 29.5 Å². The summed E-state index contributed by atoms with van der Waals surface area (Å²) in [6.07, 6.45) is 3.81. The second-order valence-electron chi connectivity index (χ2n) is 8.67. The molecule has 1 fully saturated rings. The zero-order valence-electron chi connectivity index (χ0n) is 18.1. The van der Waals surface area contributed by atoms with Gasteiger partial charge in [0.2, 0.25) is 0 Å². The Bertz CT molecular complexity index is 1080. The van der Waals surface area contributed by atoms with Gasteiger partial charge < -0.3 is 14.4 Å². The highest BCUT2D eigenvalue weighted by Crippen LogP contribution is 2.47. The van der Waals surface area contributed by atoms with Gasteiger partial charge in [0.1, 0.15) is 17.7 Å². The van der Waals surface area contributed by atoms with Gasteiger partial charge in [0.15, 0.2) is 11.5 Å². The summed E-state index contributed by atoms with van der Waals surface area (Å²) >= 11 is 0. The van der Waals surface area contributed by atoms with Crippen LogP contribution in [0.3, 0.4) is 0 Å². The van der Waals surface area contributed by atoms with Gasteiger partial charge >= 0.3 is 0 Å². The monoisotopic (exact) mass is 435 g/mol. The predicted octanol–water partition coefficient (Wildman–Crippen LogP) is 4.37. The molecule has 2 aromatic rings. The Balaban J connectivity index is 1.49. The summed E-state index contributed by atoms with van der Waals surface area (Å²) < 4.78 is 26.2. The lowest BCUT2D eigenvalue weighted by molar-refractivity contribution is -0.135. The molecule has 6 heteroatoms. The van der Waals surface area contributed by atoms with Crippen molar-refractivity contribution < 1.29 is 23.5 Å². The highest BCUT2D eigenvalue weighted by atomic mass is 19.1. The topological polar surface area (TPSA) is 55.8 Å². The molecular weight excluding hydrogens is 409 g/mol. The number of methoxy groups -OCH3 is 1. The first-order chi connectivity index (χ1) is 15.6. The van der Waals surface area contributed by atoms with Crippen LogP contribution in [0.4, 0.5) is 4.39 Å². The average molecular weight is 435 g/mol. The van der Waals surface area contributed by atoms with Crippen molar-refractivity contribution in [2.45, 2.75) is 44.2 Å². The Kier molecular flexibility index (Phi) is 5.45. The van der Waals surface area contributed by atoms with Gasteiger partial charge in [0.25, 0.3) is 5.91 Å². The average Bonchev–Trinajstić information content (AvgIpc) is 3.10. The molecule has 2 aromatic carbocycles. The van der Waals surface area contributed by atoms with Gasteiger partial charge in [-0.15, -0.1) is 0 Å². The first-order valence-corrected chi connectivity index (χ1v) is 11.2. The van der Waals surface area contributed by atoms with E-state index >= 15 is 0 Å². The molecule has 5 nitrogen and oxygen atoms in total. The molecule has 3 atom stereocenters. The number of fused-ring (bicyclic) bond motifs is 1. The van der Waals surface area contributed by atoms with E-state index in [1.54, 1.807) is 30.2 Å². The van der Waals surface area contributed by atoms with E-state index < -0.39 is 11.9 Å². The van der Waals surface area contributed by atoms with Crippen molar-refractivity contribution in [3.05, 3.63) is 76.8 Å². The number of carbonyl (C=O) groups excluding carboxylic acids is 2. The third-order valence-corrected chi connectivity index (χ3v) is 6.86. The fraction of sp³-hybridized carbons (Fsp3) is 0.385. The third kappa shape index (κ3) is 3.48. The predicted molar refractivity (Wildman–Crippen MR) is 116 cm³/mol. The van der Waals surface area contributed by atoms with E-state index in [2.05, 4.69) is 0 Å². The van der Waals surface area contributed by atoms with E-state index in [1.807, 2.05) is 24.3 Å². The molecule has 5 rings (SSSR count). The van der Waals surface area contributed by atoms with Crippen LogP contribution in [0.15, 0.2) is 59.9 Å². The Morgan fingerprint density at radius 3 is 2.56 bits per heavy atom. The van der Waals surface area contributed by atoms with Crippen molar-refractivity contribution in [1.29, 1.82) is 0 Å². The van der Waals surface area contributed by atoms with E-state index in [1.165, 1.54) is 6.07 Å². The number of amides is 1. The number of ketones is 1. The second kappa shape index (κ2) is 8.41. The Hall–Kier alpha value is -3.15. The standard InChI is InChI=1S/C26H26FNO4/c1-31-17-12-10-16(11-13-17)14-15-28-23(18-6-2-4-8-20(18)27)22-24(29)19-7-3-5-9-21(19)32-25(22)26(28)30/h2,4,6,8,10-13,19,21,23H,3,5,7,9,14-15H2,1H3. The summed E-state index contributed by atoms with van der Waals surface area (Å²) in [5.74, 6) is -0.156. The molecule has 0 radical (unpaired) electrons. The normalized spacial score (nSPS) is 24.8. The van der Waals surface area contributed by atoms with E-state index in [9.17, 15) is 14.0 Å². The highest BCUT2D eigenvalue weighted by Gasteiger charge is 2.52. The molecule has 3 aliphatic rings. The largest absolute Gasteiger partial charge is 0.497 e. The van der Waals surface area contributed by atoms with Crippen molar-refractivity contribution in [3.8, 4) is 5.75 Å². The summed E-state index contributed by atoms with van der Waals surface area (Å²) in [6, 6.07) is 13.3. The SMILES string of the molecule is COc1ccc(CCN2C(=O)C3=C(C(=O)C4CCCCC4O3)C2c2ccccc2F)cc1. The zero-order valence-corrected chi connectivity index (χ0v) is 18.1. The van der Waals surface area contributed by atoms with Gasteiger partial charge in [-0.05, 0) is 49.4 Å². The van der Waals surface area contributed by atoms with Gasteiger partial charge in [0.05, 0.1) is 24.6 Å². The van der Waals surface area contributed by atoms with Crippen LogP contribution in [-0.4, -0.2) is 36.3 Å². The molecular formula is C26H26FNO4. The summed E-state index contributed by atoms with van der Waals surface area (Å²) in [6.45, 7) is 0.350. The van der Waals surface area contributed by atoms with Crippen LogP contribution < -0.4 is 4.74 Å². The van der Waals surface area contributed by atoms with E-state index in [0.29, 0.717) is 24.1 Å². The van der Waals surface area contributed by atoms with Gasteiger partial charge in [-0.1, -0.05) is 36.8 Å². The van der Waals surface area contributed by atoms with Crippen LogP contribution in [0, 0.1) is 11.7 Å². The van der Waals surface area contributed by atoms with Gasteiger partial charge in [0, 0.05) is 12.1 Å². The van der Waals surface area contributed by atoms with E-state index in [4.69, 9.17) is 9.47 Å². The summed E-state index contributed by atoms with van der Waals surface area (Å²) in [5, 5.41) is 0. The van der Waals surface area contributed by atoms with Crippen LogP contribution in [0.5, 0.6) is 5.75 Å². The lowest BCUT2D eigenvalue weighted by Gasteiger charge is -2.35. The maximum absolute atomic E-state index is 14.9. The fourth-order valence-electron chi connectivity index (χ4n) is 5.19. The van der Waals surface area contributed by atoms with Crippen LogP contribution in [0.2, 0.25) is 0 Å². The lowest BCUT2D eigenvalue weighted by Crippen LogP contribution is -2.39. The van der Waals surface area contributed by atoms with Crippen LogP contribution in [0.25, 0.3) is 0 Å². The number of benzene rings is 2. The van der Waals surface area contributed by atoms with Crippen LogP contribution >= 0.6 is 0 Å². The summed E-state index contributed by atoms with van der Waals surface area (Å²) in [7, 11) is 1.61. The number of hydrogen-bond donors (Lipinski definition) is 0. The van der Waals surface area contributed by atoms with Crippen molar-refractivity contribution in [2.24, 2.45) is 5.92 Å². The quantitative estimate of drug-likeness (QED) is 0.700. The molecule has 1 saturated carbocycles. The number of Topliss-reactive ketones (excluding diaryl/α,β-unsaturated/α-hetero) is 1. The second-order valence-corrected chi connectivity index (χ2v) is 8.67. The fourth-order valence-corrected chi connectivity index (χ4v) is 5.19. The first-order valence-electron chi connectivity index (χ1n) is 11.2. The minimum Gasteiger partial charge on any atom is -0.497 e. The van der Waals surface area contributed by atoms with Crippen LogP contribution in [-0.2, 0) is 20.7 Å². The number of carbonyl (C=O) groups is 2. The van der Waals surface area contributed by atoms with E-state index in [0.717, 1.165) is 37.0 Å². The Morgan fingerprint density at radius 1 is 1.06 bits per heavy atom. The maximum Gasteiger partial charge on any atom is 0.290 e. The molecule has 0 saturated heterocycles. The Labute approximate surface area is 186 Å². The summed E-state index contributed by atoms with van der Waals surface area (Å²) in [5.41, 5.74) is 1.70. The van der Waals surface area contributed by atoms with Crippen molar-refractivity contribution in [2.75, 3.05) is 13.7 Å². The zero-order chi connectivity index (χ0) is 22.2. The van der Waals surface area contributed by atoms with Crippen LogP contribution in [0.1, 0.15) is 42.9 Å². The molecule has 3 unspecified atom stereocenters. The number of ether oxygens (including phenoxy) is 2. The highest BCUT2D eigenvalue weighted by molar-refractivity contribution is 6.11. The lowest BCUT2D eigenvalue weighted by atomic mass is 9.77. The molecule has 0 bridgehead atoms. The summed E-state index contributed by atoms with van der Waals surface area (Å²) in [4.78, 5) is 28.5. The molecule has 166 valence electrons. The molecule has 2 heterocycles. The Morgan fingerprint density at radius 2 is 1.81 bits per heavy atom. The molecule has 0 N–H and O–H groups in total. The number of halogens is 1. The number of nitrogens with zero attached hydrogens (tertiary/aromatic N) is 1. The van der Waals surface area contributed by atoms with Gasteiger partial charge in [-0.3, -0.25) is 9.59 Å². The minimum absolute atomic E-state index is 0.0514. The molecule has 0 aromatic heterocycles. The van der Waals surface area contributed by atoms with Crippen molar-refractivity contribution in [3.63, 3.8) is 0 Å². The number of rotatable bonds is 5. The molecule has 1 aliphatic carbocycles.